The summed E-state index contributed by atoms with van der Waals surface area (Å²) in [6.45, 7) is 2.01. The number of hydrogen-bond acceptors (Lipinski definition) is 5. The van der Waals surface area contributed by atoms with Crippen molar-refractivity contribution in [1.29, 1.82) is 0 Å². The molecule has 2 aliphatic heterocycles. The van der Waals surface area contributed by atoms with Gasteiger partial charge in [0.2, 0.25) is 0 Å². The van der Waals surface area contributed by atoms with Crippen molar-refractivity contribution >= 4 is 16.9 Å². The van der Waals surface area contributed by atoms with E-state index in [2.05, 4.69) is 16.0 Å². The molecule has 150 valence electrons. The monoisotopic (exact) mass is 384 g/mol. The standard InChI is InChI=1S/C22H28N2O4/c1-27-18-5-3-4-15-19(18)13-8-9-24-11-12-6-7-17(25)20(22(26)28-2)14(12)10-16(24)21(13)23-15/h3-5,12,14,16-17,20,23,25H,6-11H2,1-2H3/t12-,14+,16+,17-,20+/m0/s1. The molecule has 28 heavy (non-hydrogen) atoms. The third-order valence-corrected chi connectivity index (χ3v) is 7.32. The molecule has 2 fully saturated rings. The summed E-state index contributed by atoms with van der Waals surface area (Å²) in [7, 11) is 3.15. The molecule has 0 bridgehead atoms. The number of H-pyrrole nitrogens is 1. The zero-order chi connectivity index (χ0) is 19.4. The van der Waals surface area contributed by atoms with Gasteiger partial charge in [-0.1, -0.05) is 6.07 Å². The largest absolute Gasteiger partial charge is 0.496 e. The zero-order valence-electron chi connectivity index (χ0n) is 16.5. The summed E-state index contributed by atoms with van der Waals surface area (Å²) in [5.41, 5.74) is 3.72. The van der Waals surface area contributed by atoms with Crippen molar-refractivity contribution in [3.05, 3.63) is 29.5 Å². The van der Waals surface area contributed by atoms with Crippen molar-refractivity contribution in [3.63, 3.8) is 0 Å². The minimum absolute atomic E-state index is 0.164. The molecule has 5 atom stereocenters. The van der Waals surface area contributed by atoms with E-state index in [-0.39, 0.29) is 17.9 Å². The molecule has 1 aromatic heterocycles. The lowest BCUT2D eigenvalue weighted by atomic mass is 9.65. The summed E-state index contributed by atoms with van der Waals surface area (Å²) in [6.07, 6.45) is 2.96. The molecule has 3 aliphatic rings. The van der Waals surface area contributed by atoms with Crippen molar-refractivity contribution in [1.82, 2.24) is 9.88 Å². The third kappa shape index (κ3) is 2.58. The van der Waals surface area contributed by atoms with Crippen LogP contribution in [0, 0.1) is 17.8 Å². The second kappa shape index (κ2) is 6.78. The Morgan fingerprint density at radius 1 is 1.29 bits per heavy atom. The highest BCUT2D eigenvalue weighted by Crippen LogP contribution is 2.50. The highest BCUT2D eigenvalue weighted by Gasteiger charge is 2.49. The van der Waals surface area contributed by atoms with E-state index >= 15 is 0 Å². The van der Waals surface area contributed by atoms with Crippen LogP contribution in [-0.2, 0) is 16.0 Å². The fourth-order valence-electron chi connectivity index (χ4n) is 6.04. The van der Waals surface area contributed by atoms with Crippen molar-refractivity contribution in [3.8, 4) is 5.75 Å². The average Bonchev–Trinajstić information content (AvgIpc) is 3.11. The lowest BCUT2D eigenvalue weighted by Crippen LogP contribution is -2.53. The molecule has 1 saturated heterocycles. The summed E-state index contributed by atoms with van der Waals surface area (Å²) >= 11 is 0. The fraction of sp³-hybridized carbons (Fsp3) is 0.591. The minimum Gasteiger partial charge on any atom is -0.496 e. The molecule has 6 nitrogen and oxygen atoms in total. The van der Waals surface area contributed by atoms with Crippen molar-refractivity contribution in [2.24, 2.45) is 17.8 Å². The van der Waals surface area contributed by atoms with Crippen LogP contribution >= 0.6 is 0 Å². The van der Waals surface area contributed by atoms with Crippen LogP contribution in [0.15, 0.2) is 18.2 Å². The maximum atomic E-state index is 12.4. The topological polar surface area (TPSA) is 74.8 Å². The summed E-state index contributed by atoms with van der Waals surface area (Å²) in [5.74, 6) is 0.860. The molecule has 2 aromatic rings. The number of carbonyl (C=O) groups is 1. The van der Waals surface area contributed by atoms with Gasteiger partial charge in [0.25, 0.3) is 0 Å². The summed E-state index contributed by atoms with van der Waals surface area (Å²) in [4.78, 5) is 18.7. The number of hydrogen-bond donors (Lipinski definition) is 2. The normalized spacial score (nSPS) is 32.3. The minimum atomic E-state index is -0.592. The number of carbonyl (C=O) groups excluding carboxylic acids is 1. The van der Waals surface area contributed by atoms with Gasteiger partial charge in [0.1, 0.15) is 5.75 Å². The van der Waals surface area contributed by atoms with E-state index in [1.165, 1.54) is 23.8 Å². The summed E-state index contributed by atoms with van der Waals surface area (Å²) in [6, 6.07) is 6.39. The first-order valence-electron chi connectivity index (χ1n) is 10.3. The van der Waals surface area contributed by atoms with Crippen molar-refractivity contribution in [2.45, 2.75) is 37.8 Å². The number of nitrogens with one attached hydrogen (secondary N) is 1. The highest BCUT2D eigenvalue weighted by molar-refractivity contribution is 5.91. The fourth-order valence-corrected chi connectivity index (χ4v) is 6.04. The lowest BCUT2D eigenvalue weighted by molar-refractivity contribution is -0.160. The molecule has 1 saturated carbocycles. The number of aromatic amines is 1. The van der Waals surface area contributed by atoms with Gasteiger partial charge < -0.3 is 19.6 Å². The average molecular weight is 384 g/mol. The van der Waals surface area contributed by atoms with E-state index in [9.17, 15) is 9.90 Å². The Morgan fingerprint density at radius 3 is 2.93 bits per heavy atom. The van der Waals surface area contributed by atoms with Gasteiger partial charge >= 0.3 is 5.97 Å². The second-order valence-electron chi connectivity index (χ2n) is 8.51. The Balaban J connectivity index is 1.54. The molecule has 2 N–H and O–H groups in total. The smallest absolute Gasteiger partial charge is 0.311 e. The zero-order valence-corrected chi connectivity index (χ0v) is 16.5. The quantitative estimate of drug-likeness (QED) is 0.779. The predicted molar refractivity (Wildman–Crippen MR) is 105 cm³/mol. The lowest BCUT2D eigenvalue weighted by Gasteiger charge is -2.50. The van der Waals surface area contributed by atoms with Gasteiger partial charge in [-0.2, -0.15) is 0 Å². The molecule has 1 aromatic carbocycles. The van der Waals surface area contributed by atoms with E-state index in [0.717, 1.165) is 43.6 Å². The van der Waals surface area contributed by atoms with Crippen LogP contribution in [0.25, 0.3) is 10.9 Å². The number of aliphatic hydroxyl groups is 1. The Hall–Kier alpha value is -2.05. The van der Waals surface area contributed by atoms with Crippen molar-refractivity contribution < 1.29 is 19.4 Å². The number of benzene rings is 1. The molecule has 0 radical (unpaired) electrons. The Kier molecular flexibility index (Phi) is 4.36. The number of nitrogens with zero attached hydrogens (tertiary/aromatic N) is 1. The Bertz CT molecular complexity index is 907. The van der Waals surface area contributed by atoms with E-state index < -0.39 is 12.0 Å². The number of aromatic nitrogens is 1. The Labute approximate surface area is 164 Å². The summed E-state index contributed by atoms with van der Waals surface area (Å²) in [5, 5.41) is 11.7. The van der Waals surface area contributed by atoms with Gasteiger partial charge in [-0.3, -0.25) is 9.69 Å². The van der Waals surface area contributed by atoms with Crippen LogP contribution in [-0.4, -0.2) is 54.4 Å². The van der Waals surface area contributed by atoms with Crippen LogP contribution < -0.4 is 4.74 Å². The Morgan fingerprint density at radius 2 is 2.14 bits per heavy atom. The number of aliphatic hydroxyl groups excluding tert-OH is 1. The second-order valence-corrected chi connectivity index (χ2v) is 8.51. The SMILES string of the molecule is COC(=O)[C@@H]1[C@@H]2C[C@@H]3c4[nH]c5cccc(OC)c5c4CCN3C[C@@H]2CC[C@@H]1O. The van der Waals surface area contributed by atoms with E-state index in [0.29, 0.717) is 12.3 Å². The predicted octanol–water partition coefficient (Wildman–Crippen LogP) is 2.66. The molecule has 0 spiro atoms. The number of esters is 1. The first-order valence-corrected chi connectivity index (χ1v) is 10.3. The van der Waals surface area contributed by atoms with Gasteiger partial charge in [-0.15, -0.1) is 0 Å². The van der Waals surface area contributed by atoms with Gasteiger partial charge in [0, 0.05) is 29.7 Å². The number of ether oxygens (including phenoxy) is 2. The number of piperidine rings is 1. The molecular weight excluding hydrogens is 356 g/mol. The molecule has 5 rings (SSSR count). The molecule has 0 amide bonds. The van der Waals surface area contributed by atoms with Crippen LogP contribution in [0.4, 0.5) is 0 Å². The molecular formula is C22H28N2O4. The van der Waals surface area contributed by atoms with Crippen LogP contribution in [0.1, 0.15) is 36.6 Å². The molecule has 3 heterocycles. The van der Waals surface area contributed by atoms with E-state index in [1.54, 1.807) is 7.11 Å². The summed E-state index contributed by atoms with van der Waals surface area (Å²) < 4.78 is 10.7. The van der Waals surface area contributed by atoms with E-state index in [4.69, 9.17) is 9.47 Å². The maximum Gasteiger partial charge on any atom is 0.311 e. The van der Waals surface area contributed by atoms with Gasteiger partial charge in [-0.05, 0) is 55.2 Å². The molecule has 0 unspecified atom stereocenters. The number of methoxy groups -OCH3 is 2. The third-order valence-electron chi connectivity index (χ3n) is 7.32. The van der Waals surface area contributed by atoms with Crippen LogP contribution in [0.3, 0.4) is 0 Å². The van der Waals surface area contributed by atoms with Gasteiger partial charge in [0.05, 0.1) is 32.3 Å². The number of fused-ring (bicyclic) bond motifs is 6. The van der Waals surface area contributed by atoms with E-state index in [1.807, 2.05) is 12.1 Å². The van der Waals surface area contributed by atoms with Crippen molar-refractivity contribution in [2.75, 3.05) is 27.3 Å². The van der Waals surface area contributed by atoms with Gasteiger partial charge in [0.15, 0.2) is 0 Å². The molecule has 6 heteroatoms. The maximum absolute atomic E-state index is 12.4. The first kappa shape index (κ1) is 18.0. The molecule has 1 aliphatic carbocycles. The van der Waals surface area contributed by atoms with Gasteiger partial charge in [-0.25, -0.2) is 0 Å². The van der Waals surface area contributed by atoms with Crippen LogP contribution in [0.2, 0.25) is 0 Å². The number of rotatable bonds is 2. The first-order chi connectivity index (χ1) is 13.6. The van der Waals surface area contributed by atoms with Crippen LogP contribution in [0.5, 0.6) is 5.75 Å². The highest BCUT2D eigenvalue weighted by atomic mass is 16.5.